The van der Waals surface area contributed by atoms with Gasteiger partial charge in [-0.1, -0.05) is 18.9 Å². The molecule has 0 aliphatic heterocycles. The zero-order valence-corrected chi connectivity index (χ0v) is 11.8. The van der Waals surface area contributed by atoms with Crippen molar-refractivity contribution in [2.45, 2.75) is 39.5 Å². The van der Waals surface area contributed by atoms with Gasteiger partial charge in [0.15, 0.2) is 0 Å². The van der Waals surface area contributed by atoms with Crippen molar-refractivity contribution in [2.75, 3.05) is 11.9 Å². The van der Waals surface area contributed by atoms with Crippen LogP contribution in [0, 0.1) is 25.7 Å². The number of nitrogens with one attached hydrogen (secondary N) is 1. The highest BCUT2D eigenvalue weighted by Crippen LogP contribution is 2.30. The zero-order valence-electron chi connectivity index (χ0n) is 11.8. The summed E-state index contributed by atoms with van der Waals surface area (Å²) in [5, 5.41) is 12.4. The molecule has 3 nitrogen and oxygen atoms in total. The average molecular weight is 261 g/mol. The molecule has 1 saturated carbocycles. The lowest BCUT2D eigenvalue weighted by Crippen LogP contribution is -2.33. The van der Waals surface area contributed by atoms with Crippen molar-refractivity contribution in [1.82, 2.24) is 0 Å². The van der Waals surface area contributed by atoms with E-state index in [-0.39, 0.29) is 24.3 Å². The first-order valence-electron chi connectivity index (χ1n) is 7.10. The fourth-order valence-electron chi connectivity index (χ4n) is 3.05. The van der Waals surface area contributed by atoms with Gasteiger partial charge in [0.05, 0.1) is 0 Å². The van der Waals surface area contributed by atoms with Crippen LogP contribution in [0.3, 0.4) is 0 Å². The Morgan fingerprint density at radius 3 is 2.47 bits per heavy atom. The zero-order chi connectivity index (χ0) is 13.8. The predicted molar refractivity (Wildman–Crippen MR) is 77.1 cm³/mol. The number of carbonyl (C=O) groups is 1. The van der Waals surface area contributed by atoms with Crippen LogP contribution in [-0.4, -0.2) is 17.6 Å². The molecule has 1 aromatic carbocycles. The van der Waals surface area contributed by atoms with Crippen molar-refractivity contribution < 1.29 is 9.90 Å². The number of anilines is 1. The average Bonchev–Trinajstić information content (AvgIpc) is 2.37. The Bertz CT molecular complexity index is 436. The molecule has 1 aliphatic carbocycles. The molecule has 0 bridgehead atoms. The lowest BCUT2D eigenvalue weighted by molar-refractivity contribution is -0.123. The monoisotopic (exact) mass is 261 g/mol. The van der Waals surface area contributed by atoms with Gasteiger partial charge in [-0.2, -0.15) is 0 Å². The fourth-order valence-corrected chi connectivity index (χ4v) is 3.05. The molecule has 0 radical (unpaired) electrons. The summed E-state index contributed by atoms with van der Waals surface area (Å²) in [4.78, 5) is 12.3. The fraction of sp³-hybridized carbons (Fsp3) is 0.562. The molecule has 2 rings (SSSR count). The number of aliphatic hydroxyl groups excluding tert-OH is 1. The SMILES string of the molecule is Cc1cc(C)cc(NC(=O)C2CCCCC2CO)c1. The van der Waals surface area contributed by atoms with Crippen LogP contribution in [0.1, 0.15) is 36.8 Å². The topological polar surface area (TPSA) is 49.3 Å². The summed E-state index contributed by atoms with van der Waals surface area (Å²) in [5.74, 6) is 0.142. The first-order valence-corrected chi connectivity index (χ1v) is 7.10. The van der Waals surface area contributed by atoms with E-state index in [0.29, 0.717) is 0 Å². The number of hydrogen-bond donors (Lipinski definition) is 2. The van der Waals surface area contributed by atoms with Crippen molar-refractivity contribution in [3.63, 3.8) is 0 Å². The molecule has 1 aromatic rings. The largest absolute Gasteiger partial charge is 0.396 e. The highest BCUT2D eigenvalue weighted by atomic mass is 16.3. The Hall–Kier alpha value is -1.35. The molecule has 1 aliphatic rings. The van der Waals surface area contributed by atoms with E-state index < -0.39 is 0 Å². The van der Waals surface area contributed by atoms with Crippen LogP contribution in [0.2, 0.25) is 0 Å². The number of amides is 1. The second-order valence-electron chi connectivity index (χ2n) is 5.70. The molecule has 0 aromatic heterocycles. The number of aryl methyl sites for hydroxylation is 2. The molecule has 0 saturated heterocycles. The maximum Gasteiger partial charge on any atom is 0.227 e. The van der Waals surface area contributed by atoms with E-state index in [2.05, 4.69) is 11.4 Å². The molecular weight excluding hydrogens is 238 g/mol. The molecule has 2 unspecified atom stereocenters. The van der Waals surface area contributed by atoms with Crippen LogP contribution in [0.25, 0.3) is 0 Å². The number of carbonyl (C=O) groups excluding carboxylic acids is 1. The summed E-state index contributed by atoms with van der Waals surface area (Å²) in [5.41, 5.74) is 3.17. The van der Waals surface area contributed by atoms with Gasteiger partial charge in [0.1, 0.15) is 0 Å². The first-order chi connectivity index (χ1) is 9.10. The molecule has 2 N–H and O–H groups in total. The second-order valence-corrected chi connectivity index (χ2v) is 5.70. The minimum absolute atomic E-state index is 0.0421. The van der Waals surface area contributed by atoms with E-state index in [9.17, 15) is 9.90 Å². The highest BCUT2D eigenvalue weighted by Gasteiger charge is 2.30. The van der Waals surface area contributed by atoms with Crippen LogP contribution < -0.4 is 5.32 Å². The van der Waals surface area contributed by atoms with E-state index in [4.69, 9.17) is 0 Å². The molecule has 0 heterocycles. The van der Waals surface area contributed by atoms with Gasteiger partial charge in [0, 0.05) is 18.2 Å². The molecule has 1 fully saturated rings. The predicted octanol–water partition coefficient (Wildman–Crippen LogP) is 3.04. The number of aliphatic hydroxyl groups is 1. The number of benzene rings is 1. The van der Waals surface area contributed by atoms with E-state index in [1.165, 1.54) is 0 Å². The standard InChI is InChI=1S/C16H23NO2/c1-11-7-12(2)9-14(8-11)17-16(19)15-6-4-3-5-13(15)10-18/h7-9,13,15,18H,3-6,10H2,1-2H3,(H,17,19). The van der Waals surface area contributed by atoms with E-state index >= 15 is 0 Å². The molecule has 0 spiro atoms. The molecule has 104 valence electrons. The van der Waals surface area contributed by atoms with Crippen LogP contribution in [0.4, 0.5) is 5.69 Å². The lowest BCUT2D eigenvalue weighted by Gasteiger charge is -2.29. The summed E-state index contributed by atoms with van der Waals surface area (Å²) >= 11 is 0. The molecule has 2 atom stereocenters. The van der Waals surface area contributed by atoms with Gasteiger partial charge in [-0.05, 0) is 55.9 Å². The minimum atomic E-state index is -0.0421. The Morgan fingerprint density at radius 1 is 1.21 bits per heavy atom. The van der Waals surface area contributed by atoms with Gasteiger partial charge in [-0.15, -0.1) is 0 Å². The Morgan fingerprint density at radius 2 is 1.84 bits per heavy atom. The normalized spacial score (nSPS) is 23.1. The summed E-state index contributed by atoms with van der Waals surface area (Å²) in [6.45, 7) is 4.17. The third-order valence-corrected chi connectivity index (χ3v) is 3.97. The van der Waals surface area contributed by atoms with Crippen molar-refractivity contribution in [3.8, 4) is 0 Å². The van der Waals surface area contributed by atoms with Crippen LogP contribution in [0.5, 0.6) is 0 Å². The number of hydrogen-bond acceptors (Lipinski definition) is 2. The van der Waals surface area contributed by atoms with Gasteiger partial charge in [-0.25, -0.2) is 0 Å². The molecule has 3 heteroatoms. The smallest absolute Gasteiger partial charge is 0.227 e. The van der Waals surface area contributed by atoms with Crippen LogP contribution in [-0.2, 0) is 4.79 Å². The van der Waals surface area contributed by atoms with Gasteiger partial charge >= 0.3 is 0 Å². The quantitative estimate of drug-likeness (QED) is 0.878. The van der Waals surface area contributed by atoms with Gasteiger partial charge in [0.25, 0.3) is 0 Å². The van der Waals surface area contributed by atoms with Crippen LogP contribution in [0.15, 0.2) is 18.2 Å². The van der Waals surface area contributed by atoms with Gasteiger partial charge < -0.3 is 10.4 Å². The molecular formula is C16H23NO2. The van der Waals surface area contributed by atoms with Crippen molar-refractivity contribution in [2.24, 2.45) is 11.8 Å². The van der Waals surface area contributed by atoms with Gasteiger partial charge in [-0.3, -0.25) is 4.79 Å². The minimum Gasteiger partial charge on any atom is -0.396 e. The van der Waals surface area contributed by atoms with E-state index in [0.717, 1.165) is 42.5 Å². The Balaban J connectivity index is 2.07. The van der Waals surface area contributed by atoms with Crippen molar-refractivity contribution in [3.05, 3.63) is 29.3 Å². The summed E-state index contributed by atoms with van der Waals surface area (Å²) < 4.78 is 0. The summed E-state index contributed by atoms with van der Waals surface area (Å²) in [7, 11) is 0. The summed E-state index contributed by atoms with van der Waals surface area (Å²) in [6, 6.07) is 6.07. The molecule has 1 amide bonds. The van der Waals surface area contributed by atoms with Crippen molar-refractivity contribution >= 4 is 11.6 Å². The first kappa shape index (κ1) is 14.1. The van der Waals surface area contributed by atoms with E-state index in [1.54, 1.807) is 0 Å². The Kier molecular flexibility index (Phi) is 4.59. The van der Waals surface area contributed by atoms with E-state index in [1.807, 2.05) is 26.0 Å². The highest BCUT2D eigenvalue weighted by molar-refractivity contribution is 5.93. The maximum atomic E-state index is 12.3. The third kappa shape index (κ3) is 3.57. The Labute approximate surface area is 115 Å². The third-order valence-electron chi connectivity index (χ3n) is 3.97. The van der Waals surface area contributed by atoms with Crippen LogP contribution >= 0.6 is 0 Å². The number of rotatable bonds is 3. The van der Waals surface area contributed by atoms with Crippen molar-refractivity contribution in [1.29, 1.82) is 0 Å². The summed E-state index contributed by atoms with van der Waals surface area (Å²) in [6.07, 6.45) is 4.06. The lowest BCUT2D eigenvalue weighted by atomic mass is 9.79. The maximum absolute atomic E-state index is 12.3. The second kappa shape index (κ2) is 6.20. The molecule has 19 heavy (non-hydrogen) atoms. The van der Waals surface area contributed by atoms with Gasteiger partial charge in [0.2, 0.25) is 5.91 Å².